The van der Waals surface area contributed by atoms with Crippen LogP contribution in [0, 0.1) is 0 Å². The van der Waals surface area contributed by atoms with E-state index in [0.717, 1.165) is 39.8 Å². The number of anilines is 1. The number of aliphatic carboxylic acids is 1. The highest BCUT2D eigenvalue weighted by atomic mass is 35.5. The van der Waals surface area contributed by atoms with Crippen LogP contribution >= 0.6 is 46.5 Å². The lowest BCUT2D eigenvalue weighted by atomic mass is 9.80. The molecule has 2 aliphatic heterocycles. The molecular formula is C44H44ClN7O8S3. The van der Waals surface area contributed by atoms with Crippen LogP contribution in [0.4, 0.5) is 9.93 Å². The average Bonchev–Trinajstić information content (AvgIpc) is 3.61. The molecule has 3 atom stereocenters. The van der Waals surface area contributed by atoms with Crippen LogP contribution in [0.5, 0.6) is 0 Å². The van der Waals surface area contributed by atoms with E-state index in [1.165, 1.54) is 16.7 Å². The zero-order valence-electron chi connectivity index (χ0n) is 34.4. The number of nitrogens with zero attached hydrogens (tertiary/aromatic N) is 4. The van der Waals surface area contributed by atoms with E-state index >= 15 is 0 Å². The number of alkyl carbamates (subject to hydrolysis) is 1. The number of amides is 3. The highest BCUT2D eigenvalue weighted by Crippen LogP contribution is 2.47. The van der Waals surface area contributed by atoms with E-state index in [0.29, 0.717) is 10.5 Å². The zero-order chi connectivity index (χ0) is 44.8. The van der Waals surface area contributed by atoms with Crippen LogP contribution in [0.2, 0.25) is 4.34 Å². The van der Waals surface area contributed by atoms with Crippen molar-refractivity contribution in [2.24, 2.45) is 5.16 Å². The Balaban J connectivity index is 1.09. The predicted molar refractivity (Wildman–Crippen MR) is 243 cm³/mol. The normalized spacial score (nSPS) is 18.8. The Bertz CT molecular complexity index is 2380. The maximum absolute atomic E-state index is 14.4. The number of carbonyl (C=O) groups excluding carboxylic acids is 3. The van der Waals surface area contributed by atoms with Crippen molar-refractivity contribution in [1.29, 1.82) is 0 Å². The third-order valence-corrected chi connectivity index (χ3v) is 14.2. The van der Waals surface area contributed by atoms with Gasteiger partial charge in [-0.3, -0.25) is 19.4 Å². The molecule has 5 N–H and O–H groups in total. The molecule has 0 saturated carbocycles. The maximum atomic E-state index is 14.4. The molecule has 0 aliphatic carbocycles. The number of hydrogen-bond acceptors (Lipinski definition) is 14. The van der Waals surface area contributed by atoms with Gasteiger partial charge in [0.25, 0.3) is 5.91 Å². The Morgan fingerprint density at radius 1 is 1.00 bits per heavy atom. The highest BCUT2D eigenvalue weighted by molar-refractivity contribution is 8.05. The molecule has 7 rings (SSSR count). The fourth-order valence-electron chi connectivity index (χ4n) is 7.00. The summed E-state index contributed by atoms with van der Waals surface area (Å²) in [5, 5.41) is 20.1. The first kappa shape index (κ1) is 45.4. The number of nitrogens with two attached hydrogens (primary N) is 1. The van der Waals surface area contributed by atoms with Gasteiger partial charge >= 0.3 is 12.1 Å². The van der Waals surface area contributed by atoms with Gasteiger partial charge in [0.1, 0.15) is 31.8 Å². The third-order valence-electron chi connectivity index (χ3n) is 9.92. The first-order valence-electron chi connectivity index (χ1n) is 19.7. The zero-order valence-corrected chi connectivity index (χ0v) is 37.6. The predicted octanol–water partition coefficient (Wildman–Crippen LogP) is 6.54. The highest BCUT2D eigenvalue weighted by Gasteiger charge is 2.58. The van der Waals surface area contributed by atoms with Crippen LogP contribution in [0.1, 0.15) is 48.7 Å². The molecule has 3 amide bonds. The van der Waals surface area contributed by atoms with E-state index in [1.807, 2.05) is 91.0 Å². The summed E-state index contributed by atoms with van der Waals surface area (Å²) < 4.78 is 9.67. The second-order valence-corrected chi connectivity index (χ2v) is 19.6. The van der Waals surface area contributed by atoms with E-state index in [1.54, 1.807) is 39.2 Å². The van der Waals surface area contributed by atoms with E-state index in [-0.39, 0.29) is 52.9 Å². The summed E-state index contributed by atoms with van der Waals surface area (Å²) in [4.78, 5) is 70.5. The van der Waals surface area contributed by atoms with E-state index < -0.39 is 51.2 Å². The number of nitrogens with one attached hydrogen (secondary N) is 2. The van der Waals surface area contributed by atoms with Crippen molar-refractivity contribution in [3.8, 4) is 0 Å². The number of ether oxygens (including phenoxy) is 2. The van der Waals surface area contributed by atoms with Gasteiger partial charge in [-0.15, -0.1) is 23.5 Å². The summed E-state index contributed by atoms with van der Waals surface area (Å²) in [6.07, 6.45) is 2.58. The fourth-order valence-corrected chi connectivity index (χ4v) is 10.8. The number of hydrogen-bond donors (Lipinski definition) is 4. The molecule has 0 radical (unpaired) electrons. The van der Waals surface area contributed by atoms with Gasteiger partial charge in [-0.25, -0.2) is 9.78 Å². The molecule has 2 aliphatic rings. The number of carboxylic acid groups (broad SMARTS) is 1. The fraction of sp³-hybridized carbons (Fsp3) is 0.295. The monoisotopic (exact) mass is 929 g/mol. The Morgan fingerprint density at radius 3 is 2.17 bits per heavy atom. The topological polar surface area (TPSA) is 208 Å². The van der Waals surface area contributed by atoms with Crippen LogP contribution < -0.4 is 16.4 Å². The summed E-state index contributed by atoms with van der Waals surface area (Å²) in [5.41, 5.74) is 6.51. The van der Waals surface area contributed by atoms with Gasteiger partial charge in [-0.1, -0.05) is 119 Å². The van der Waals surface area contributed by atoms with Crippen LogP contribution in [-0.2, 0) is 40.9 Å². The molecule has 4 heterocycles. The number of oxime groups is 1. The number of halogens is 1. The molecule has 3 aromatic carbocycles. The molecule has 0 spiro atoms. The number of nitrogen functional groups attached to an aromatic ring is 1. The van der Waals surface area contributed by atoms with Gasteiger partial charge in [0.05, 0.1) is 13.2 Å². The number of carboxylic acids is 1. The lowest BCUT2D eigenvalue weighted by Gasteiger charge is -2.53. The van der Waals surface area contributed by atoms with Gasteiger partial charge < -0.3 is 40.7 Å². The average molecular weight is 931 g/mol. The number of thioether (sulfide) groups is 2. The van der Waals surface area contributed by atoms with Crippen molar-refractivity contribution in [1.82, 2.24) is 25.5 Å². The molecule has 2 fully saturated rings. The smallest absolute Gasteiger partial charge is 0.407 e. The molecule has 328 valence electrons. The Hall–Kier alpha value is -5.66. The van der Waals surface area contributed by atoms with E-state index in [2.05, 4.69) is 25.8 Å². The van der Waals surface area contributed by atoms with Crippen molar-refractivity contribution in [3.63, 3.8) is 0 Å². The first-order valence-corrected chi connectivity index (χ1v) is 22.7. The number of pyridine rings is 1. The second kappa shape index (κ2) is 19.4. The standard InChI is InChI=1S/C44H44ClN7O8S3/c1-42(2,3)59-41(57)48-21-22-58-24-27-23-47-20-19-31(27)63-43(39(55)56)25-52-37(54)34(38(52)61-26-43)49-36(53)33(32-35(45)62-40(46)50-32)51-60-44(28-13-7-4-8-14-28,29-15-9-5-10-16-29)30-17-11-6-12-18-30/h4-20,23,34,38H,21-22,24-26H2,1-3H3,(H2,46,50)(H,48,57)(H,49,53)(H,55,56)/t34-,38-,43?/m1/s1. The molecule has 2 aromatic heterocycles. The lowest BCUT2D eigenvalue weighted by Crippen LogP contribution is -2.74. The number of carbonyl (C=O) groups is 4. The minimum Gasteiger partial charge on any atom is -0.480 e. The molecule has 63 heavy (non-hydrogen) atoms. The molecule has 5 aromatic rings. The minimum absolute atomic E-state index is 0.0302. The van der Waals surface area contributed by atoms with Crippen LogP contribution in [0.25, 0.3) is 0 Å². The van der Waals surface area contributed by atoms with Crippen molar-refractivity contribution >= 4 is 81.2 Å². The minimum atomic E-state index is -1.44. The molecule has 2 saturated heterocycles. The Labute approximate surface area is 381 Å². The maximum Gasteiger partial charge on any atom is 0.407 e. The summed E-state index contributed by atoms with van der Waals surface area (Å²) >= 11 is 9.91. The molecule has 0 bridgehead atoms. The number of rotatable bonds is 16. The number of fused-ring (bicyclic) bond motifs is 1. The lowest BCUT2D eigenvalue weighted by molar-refractivity contribution is -0.151. The van der Waals surface area contributed by atoms with Gasteiger partial charge in [0.15, 0.2) is 10.8 Å². The van der Waals surface area contributed by atoms with Crippen molar-refractivity contribution < 1.29 is 38.6 Å². The number of β-lactam (4-membered cyclic amide) rings is 1. The second-order valence-electron chi connectivity index (χ2n) is 15.5. The van der Waals surface area contributed by atoms with Gasteiger partial charge in [0, 0.05) is 58.4 Å². The van der Waals surface area contributed by atoms with E-state index in [4.69, 9.17) is 31.6 Å². The SMILES string of the molecule is CC(C)(C)OC(=O)NCCOCc1cnccc1SC1(C(=O)O)CS[C@@H]2[C@H](NC(=O)C(=NOC(c3ccccc3)(c3ccccc3)c3ccccc3)c3nc(N)sc3Cl)C(=O)N2C1. The molecule has 15 nitrogen and oxygen atoms in total. The summed E-state index contributed by atoms with van der Waals surface area (Å²) in [6, 6.07) is 29.0. The number of thiazole rings is 1. The Kier molecular flexibility index (Phi) is 14.0. The van der Waals surface area contributed by atoms with Gasteiger partial charge in [-0.2, -0.15) is 0 Å². The van der Waals surface area contributed by atoms with Gasteiger partial charge in [-0.05, 0) is 26.8 Å². The van der Waals surface area contributed by atoms with Crippen LogP contribution in [0.15, 0.2) is 120 Å². The van der Waals surface area contributed by atoms with Gasteiger partial charge in [0.2, 0.25) is 11.5 Å². The molecular weight excluding hydrogens is 886 g/mol. The third kappa shape index (κ3) is 10.1. The summed E-state index contributed by atoms with van der Waals surface area (Å²) in [6.45, 7) is 5.64. The number of aromatic nitrogens is 2. The van der Waals surface area contributed by atoms with Crippen molar-refractivity contribution in [3.05, 3.63) is 142 Å². The quantitative estimate of drug-likeness (QED) is 0.0273. The van der Waals surface area contributed by atoms with Crippen molar-refractivity contribution in [2.75, 3.05) is 31.2 Å². The van der Waals surface area contributed by atoms with E-state index in [9.17, 15) is 24.3 Å². The van der Waals surface area contributed by atoms with Crippen molar-refractivity contribution in [2.45, 2.75) is 59.6 Å². The number of benzene rings is 3. The summed E-state index contributed by atoms with van der Waals surface area (Å²) in [5.74, 6) is -2.28. The Morgan fingerprint density at radius 2 is 1.62 bits per heavy atom. The van der Waals surface area contributed by atoms with Crippen LogP contribution in [-0.4, -0.2) is 96.8 Å². The molecule has 19 heteroatoms. The molecule has 1 unspecified atom stereocenters. The van der Waals surface area contributed by atoms with Crippen LogP contribution in [0.3, 0.4) is 0 Å². The summed E-state index contributed by atoms with van der Waals surface area (Å²) in [7, 11) is 0. The first-order chi connectivity index (χ1) is 30.2. The largest absolute Gasteiger partial charge is 0.480 e.